The van der Waals surface area contributed by atoms with Gasteiger partial charge in [-0.3, -0.25) is 14.6 Å². The highest BCUT2D eigenvalue weighted by Gasteiger charge is 2.13. The molecule has 2 aromatic carbocycles. The van der Waals surface area contributed by atoms with Gasteiger partial charge in [0.25, 0.3) is 11.8 Å². The van der Waals surface area contributed by atoms with Gasteiger partial charge in [-0.25, -0.2) is 24.3 Å². The molecule has 15 nitrogen and oxygen atoms in total. The Hall–Kier alpha value is -7.65. The molecule has 15 heteroatoms. The molecule has 0 spiro atoms. The summed E-state index contributed by atoms with van der Waals surface area (Å²) in [5, 5.41) is 22.9. The van der Waals surface area contributed by atoms with Gasteiger partial charge in [0, 0.05) is 27.9 Å². The first-order valence-corrected chi connectivity index (χ1v) is 17.0. The van der Waals surface area contributed by atoms with Crippen LogP contribution in [0.5, 0.6) is 0 Å². The predicted molar refractivity (Wildman–Crippen MR) is 208 cm³/mol. The van der Waals surface area contributed by atoms with Crippen molar-refractivity contribution < 1.29 is 14.8 Å². The first kappa shape index (κ1) is 35.7. The zero-order chi connectivity index (χ0) is 38.6. The maximum Gasteiger partial charge on any atom is 0.267 e. The van der Waals surface area contributed by atoms with Crippen LogP contribution >= 0.6 is 0 Å². The van der Waals surface area contributed by atoms with E-state index in [1.165, 1.54) is 0 Å². The Morgan fingerprint density at radius 1 is 0.636 bits per heavy atom. The number of carbonyl (C=O) groups excluding carboxylic acids is 2. The Morgan fingerprint density at radius 3 is 1.60 bits per heavy atom. The summed E-state index contributed by atoms with van der Waals surface area (Å²) in [7, 11) is 0. The van der Waals surface area contributed by atoms with E-state index in [4.69, 9.17) is 22.4 Å². The van der Waals surface area contributed by atoms with Crippen LogP contribution in [0.4, 0.5) is 0 Å². The van der Waals surface area contributed by atoms with Gasteiger partial charge < -0.3 is 22.4 Å². The highest BCUT2D eigenvalue weighted by Crippen LogP contribution is 2.27. The van der Waals surface area contributed by atoms with E-state index in [0.29, 0.717) is 23.0 Å². The van der Waals surface area contributed by atoms with Crippen LogP contribution in [-0.2, 0) is 0 Å². The Kier molecular flexibility index (Phi) is 9.84. The van der Waals surface area contributed by atoms with E-state index in [-0.39, 0.29) is 17.4 Å². The predicted octanol–water partition coefficient (Wildman–Crippen LogP) is 5.38. The summed E-state index contributed by atoms with van der Waals surface area (Å²) >= 11 is 0. The summed E-state index contributed by atoms with van der Waals surface area (Å²) in [6.07, 6.45) is 3.48. The smallest absolute Gasteiger partial charge is 0.267 e. The number of carbonyl (C=O) groups is 2. The van der Waals surface area contributed by atoms with Gasteiger partial charge in [-0.05, 0) is 74.5 Å². The van der Waals surface area contributed by atoms with E-state index < -0.39 is 11.8 Å². The molecule has 0 aliphatic rings. The van der Waals surface area contributed by atoms with Crippen LogP contribution in [-0.4, -0.2) is 62.2 Å². The van der Waals surface area contributed by atoms with Crippen molar-refractivity contribution in [3.8, 4) is 34.2 Å². The Balaban J connectivity index is 0.000000169. The normalized spacial score (nSPS) is 11.9. The number of hydrogen-bond donors (Lipinski definition) is 4. The first-order valence-electron chi connectivity index (χ1n) is 17.0. The minimum Gasteiger partial charge on any atom is -0.411 e. The molecule has 0 saturated carbocycles. The molecule has 0 aliphatic heterocycles. The number of pyridine rings is 4. The van der Waals surface area contributed by atoms with Crippen molar-refractivity contribution >= 4 is 39.3 Å². The topological polar surface area (TPSA) is 232 Å². The van der Waals surface area contributed by atoms with Crippen molar-refractivity contribution in [1.82, 2.24) is 39.5 Å². The molecule has 2 amide bonds. The van der Waals surface area contributed by atoms with Crippen molar-refractivity contribution in [3.63, 3.8) is 0 Å². The number of fused-ring (bicyclic) bond motifs is 2. The van der Waals surface area contributed by atoms with E-state index in [1.807, 2.05) is 73.7 Å². The standard InChI is InChI=1S/C20H16N6O2.C20H18N6O/c1-12(25-28)15-4-2-5-16(23-15)13-8-9-14-11-22-26(18(14)10-13)19-7-3-6-17(24-19)20(21)27;1-12(21)15-4-2-5-16(24-15)13-8-9-14-11-23-26(18(14)10-13)19-7-3-6-17(25-19)20(22)27/h2-11,28H,1H3,(H2,21,27);2-12H,21H2,1H3,(H2,22,27)/b25-12+;. The van der Waals surface area contributed by atoms with Gasteiger partial charge in [0.2, 0.25) is 0 Å². The molecule has 0 fully saturated rings. The molecule has 0 saturated heterocycles. The van der Waals surface area contributed by atoms with E-state index in [9.17, 15) is 9.59 Å². The number of aromatic nitrogens is 8. The monoisotopic (exact) mass is 730 g/mol. The zero-order valence-electron chi connectivity index (χ0n) is 29.6. The Labute approximate surface area is 313 Å². The number of nitrogens with zero attached hydrogens (tertiary/aromatic N) is 9. The first-order chi connectivity index (χ1) is 26.6. The molecule has 7 N–H and O–H groups in total. The largest absolute Gasteiger partial charge is 0.411 e. The number of rotatable bonds is 8. The van der Waals surface area contributed by atoms with E-state index in [1.54, 1.807) is 71.1 Å². The van der Waals surface area contributed by atoms with Gasteiger partial charge in [-0.15, -0.1) is 0 Å². The minimum atomic E-state index is -0.596. The molecular formula is C40H34N12O3. The maximum atomic E-state index is 11.4. The molecular weight excluding hydrogens is 697 g/mol. The van der Waals surface area contributed by atoms with Gasteiger partial charge >= 0.3 is 0 Å². The highest BCUT2D eigenvalue weighted by molar-refractivity contribution is 5.97. The van der Waals surface area contributed by atoms with Crippen molar-refractivity contribution in [1.29, 1.82) is 0 Å². The summed E-state index contributed by atoms with van der Waals surface area (Å²) in [6.45, 7) is 3.59. The molecule has 0 bridgehead atoms. The second-order valence-corrected chi connectivity index (χ2v) is 12.5. The second kappa shape index (κ2) is 15.1. The lowest BCUT2D eigenvalue weighted by Crippen LogP contribution is -2.14. The fourth-order valence-corrected chi connectivity index (χ4v) is 5.79. The summed E-state index contributed by atoms with van der Waals surface area (Å²) in [5.41, 5.74) is 23.9. The lowest BCUT2D eigenvalue weighted by molar-refractivity contribution is 0.0987. The van der Waals surface area contributed by atoms with Crippen LogP contribution < -0.4 is 17.2 Å². The van der Waals surface area contributed by atoms with Gasteiger partial charge in [0.05, 0.1) is 46.2 Å². The molecule has 1 atom stereocenters. The fraction of sp³-hybridized carbons (Fsp3) is 0.0750. The minimum absolute atomic E-state index is 0.139. The third-order valence-corrected chi connectivity index (χ3v) is 8.65. The second-order valence-electron chi connectivity index (χ2n) is 12.5. The number of primary amides is 2. The maximum absolute atomic E-state index is 11.4. The molecule has 0 aliphatic carbocycles. The summed E-state index contributed by atoms with van der Waals surface area (Å²) < 4.78 is 3.33. The number of hydrogen-bond acceptors (Lipinski definition) is 11. The van der Waals surface area contributed by atoms with Crippen molar-refractivity contribution in [2.45, 2.75) is 19.9 Å². The molecule has 55 heavy (non-hydrogen) atoms. The van der Waals surface area contributed by atoms with Crippen LogP contribution in [0.1, 0.15) is 52.3 Å². The Bertz CT molecular complexity index is 2750. The lowest BCUT2D eigenvalue weighted by atomic mass is 10.1. The average Bonchev–Trinajstić information content (AvgIpc) is 3.85. The Morgan fingerprint density at radius 2 is 1.11 bits per heavy atom. The van der Waals surface area contributed by atoms with Crippen molar-refractivity contribution in [2.24, 2.45) is 22.4 Å². The summed E-state index contributed by atoms with van der Waals surface area (Å²) in [5.74, 6) is -0.156. The van der Waals surface area contributed by atoms with Crippen LogP contribution in [0, 0.1) is 0 Å². The third kappa shape index (κ3) is 7.49. The third-order valence-electron chi connectivity index (χ3n) is 8.65. The highest BCUT2D eigenvalue weighted by atomic mass is 16.4. The van der Waals surface area contributed by atoms with Gasteiger partial charge in [0.1, 0.15) is 17.1 Å². The quantitative estimate of drug-likeness (QED) is 0.0885. The average molecular weight is 731 g/mol. The van der Waals surface area contributed by atoms with Crippen molar-refractivity contribution in [2.75, 3.05) is 0 Å². The molecule has 8 rings (SSSR count). The van der Waals surface area contributed by atoms with E-state index >= 15 is 0 Å². The van der Waals surface area contributed by atoms with Gasteiger partial charge in [-0.1, -0.05) is 53.7 Å². The molecule has 272 valence electrons. The van der Waals surface area contributed by atoms with Crippen LogP contribution in [0.2, 0.25) is 0 Å². The number of amides is 2. The number of benzene rings is 2. The fourth-order valence-electron chi connectivity index (χ4n) is 5.79. The molecule has 1 unspecified atom stereocenters. The van der Waals surface area contributed by atoms with Crippen LogP contribution in [0.3, 0.4) is 0 Å². The van der Waals surface area contributed by atoms with Crippen LogP contribution in [0.15, 0.2) is 127 Å². The van der Waals surface area contributed by atoms with Crippen LogP contribution in [0.25, 0.3) is 56.0 Å². The zero-order valence-corrected chi connectivity index (χ0v) is 29.6. The summed E-state index contributed by atoms with van der Waals surface area (Å²) in [6, 6.07) is 33.1. The number of nitrogens with two attached hydrogens (primary N) is 3. The van der Waals surface area contributed by atoms with E-state index in [0.717, 1.165) is 50.0 Å². The SMILES string of the molecule is C/C(=N\O)c1cccc(-c2ccc3cnn(-c4cccc(C(N)=O)n4)c3c2)n1.CC(N)c1cccc(-c2ccc3cnn(-c4cccc(C(N)=O)n4)c3c2)n1. The molecule has 0 radical (unpaired) electrons. The van der Waals surface area contributed by atoms with Crippen molar-refractivity contribution in [3.05, 3.63) is 144 Å². The number of oxime groups is 1. The lowest BCUT2D eigenvalue weighted by Gasteiger charge is -2.08. The van der Waals surface area contributed by atoms with Gasteiger partial charge in [-0.2, -0.15) is 10.2 Å². The molecule has 8 aromatic rings. The summed E-state index contributed by atoms with van der Waals surface area (Å²) in [4.78, 5) is 40.6. The van der Waals surface area contributed by atoms with E-state index in [2.05, 4.69) is 35.3 Å². The van der Waals surface area contributed by atoms with Gasteiger partial charge in [0.15, 0.2) is 11.6 Å². The molecule has 6 aromatic heterocycles. The molecule has 6 heterocycles.